The van der Waals surface area contributed by atoms with Gasteiger partial charge in [-0.25, -0.2) is 4.90 Å². The van der Waals surface area contributed by atoms with Gasteiger partial charge in [-0.15, -0.1) is 0 Å². The Bertz CT molecular complexity index is 1350. The molecule has 0 aromatic heterocycles. The minimum absolute atomic E-state index is 0.0360. The van der Waals surface area contributed by atoms with E-state index in [2.05, 4.69) is 5.32 Å². The first-order valence-corrected chi connectivity index (χ1v) is 12.3. The van der Waals surface area contributed by atoms with Crippen molar-refractivity contribution in [2.24, 2.45) is 11.8 Å². The molecule has 3 unspecified atom stereocenters. The highest BCUT2D eigenvalue weighted by Crippen LogP contribution is 2.42. The van der Waals surface area contributed by atoms with Crippen molar-refractivity contribution in [2.45, 2.75) is 26.7 Å². The minimum atomic E-state index is -1.42. The number of carbonyl (C=O) groups excluding carboxylic acids is 4. The molecular formula is C29H27ClN2O5. The number of nitrogens with one attached hydrogen (secondary N) is 1. The lowest BCUT2D eigenvalue weighted by atomic mass is 9.71. The van der Waals surface area contributed by atoms with E-state index in [-0.39, 0.29) is 6.61 Å². The number of piperidine rings is 1. The third-order valence-electron chi connectivity index (χ3n) is 6.53. The summed E-state index contributed by atoms with van der Waals surface area (Å²) in [5.41, 5.74) is 2.75. The molecule has 0 aliphatic carbocycles. The molecule has 3 amide bonds. The Morgan fingerprint density at radius 3 is 2.08 bits per heavy atom. The number of benzene rings is 3. The largest absolute Gasteiger partial charge is 0.465 e. The number of hydrogen-bond donors (Lipinski definition) is 1. The zero-order chi connectivity index (χ0) is 26.7. The van der Waals surface area contributed by atoms with Gasteiger partial charge in [0.25, 0.3) is 0 Å². The zero-order valence-electron chi connectivity index (χ0n) is 20.7. The SMILES string of the molecule is CCOC(=O)C1C(=O)N(c2ccccc2C)C(=O)C(C(=O)Nc2ccccc2C)C1c1ccc(Cl)cc1. The van der Waals surface area contributed by atoms with Crippen LogP contribution in [0.5, 0.6) is 0 Å². The summed E-state index contributed by atoms with van der Waals surface area (Å²) in [5, 5.41) is 3.28. The fraction of sp³-hybridized carbons (Fsp3) is 0.241. The van der Waals surface area contributed by atoms with Gasteiger partial charge in [-0.1, -0.05) is 60.1 Å². The van der Waals surface area contributed by atoms with E-state index in [4.69, 9.17) is 16.3 Å². The summed E-state index contributed by atoms with van der Waals surface area (Å²) in [5.74, 6) is -6.80. The van der Waals surface area contributed by atoms with Crippen molar-refractivity contribution in [3.05, 3.63) is 94.5 Å². The number of nitrogens with zero attached hydrogens (tertiary/aromatic N) is 1. The molecule has 4 rings (SSSR count). The summed E-state index contributed by atoms with van der Waals surface area (Å²) < 4.78 is 5.29. The van der Waals surface area contributed by atoms with Crippen LogP contribution in [0.2, 0.25) is 5.02 Å². The molecule has 1 saturated heterocycles. The third-order valence-corrected chi connectivity index (χ3v) is 6.78. The Hall–Kier alpha value is -3.97. The fourth-order valence-corrected chi connectivity index (χ4v) is 4.81. The Morgan fingerprint density at radius 1 is 0.865 bits per heavy atom. The number of halogens is 1. The molecule has 0 spiro atoms. The van der Waals surface area contributed by atoms with Gasteiger partial charge in [0.1, 0.15) is 11.8 Å². The van der Waals surface area contributed by atoms with Crippen LogP contribution in [0.1, 0.15) is 29.5 Å². The number of hydrogen-bond acceptors (Lipinski definition) is 5. The molecule has 3 aromatic carbocycles. The normalized spacial score (nSPS) is 19.5. The quantitative estimate of drug-likeness (QED) is 0.280. The van der Waals surface area contributed by atoms with Crippen molar-refractivity contribution in [1.29, 1.82) is 0 Å². The summed E-state index contributed by atoms with van der Waals surface area (Å²) in [6.45, 7) is 5.26. The number of anilines is 2. The molecule has 1 aliphatic heterocycles. The van der Waals surface area contributed by atoms with Crippen LogP contribution in [0.15, 0.2) is 72.8 Å². The van der Waals surface area contributed by atoms with Gasteiger partial charge in [0.2, 0.25) is 17.7 Å². The molecule has 7 nitrogen and oxygen atoms in total. The van der Waals surface area contributed by atoms with Gasteiger partial charge in [-0.05, 0) is 61.7 Å². The first-order valence-electron chi connectivity index (χ1n) is 12.0. The van der Waals surface area contributed by atoms with E-state index >= 15 is 0 Å². The third kappa shape index (κ3) is 5.13. The van der Waals surface area contributed by atoms with Crippen LogP contribution in [-0.4, -0.2) is 30.3 Å². The Kier molecular flexibility index (Phi) is 7.74. The molecule has 0 saturated carbocycles. The lowest BCUT2D eigenvalue weighted by Crippen LogP contribution is -2.59. The summed E-state index contributed by atoms with van der Waals surface area (Å²) in [7, 11) is 0. The van der Waals surface area contributed by atoms with Crippen molar-refractivity contribution < 1.29 is 23.9 Å². The highest BCUT2D eigenvalue weighted by atomic mass is 35.5. The number of ether oxygens (including phenoxy) is 1. The Labute approximate surface area is 220 Å². The molecular weight excluding hydrogens is 492 g/mol. The van der Waals surface area contributed by atoms with Crippen molar-refractivity contribution in [1.82, 2.24) is 0 Å². The van der Waals surface area contributed by atoms with Crippen molar-refractivity contribution in [3.8, 4) is 0 Å². The van der Waals surface area contributed by atoms with Gasteiger partial charge in [-0.2, -0.15) is 0 Å². The lowest BCUT2D eigenvalue weighted by molar-refractivity contribution is -0.156. The summed E-state index contributed by atoms with van der Waals surface area (Å²) in [6, 6.07) is 20.4. The number of carbonyl (C=O) groups is 4. The van der Waals surface area contributed by atoms with Gasteiger partial charge in [0, 0.05) is 16.6 Å². The number of imide groups is 1. The highest BCUT2D eigenvalue weighted by molar-refractivity contribution is 6.30. The molecule has 1 fully saturated rings. The van der Waals surface area contributed by atoms with Crippen LogP contribution < -0.4 is 10.2 Å². The van der Waals surface area contributed by atoms with E-state index in [0.717, 1.165) is 10.5 Å². The zero-order valence-corrected chi connectivity index (χ0v) is 21.5. The highest BCUT2D eigenvalue weighted by Gasteiger charge is 2.56. The average molecular weight is 519 g/mol. The van der Waals surface area contributed by atoms with Crippen LogP contribution in [0.3, 0.4) is 0 Å². The molecule has 37 heavy (non-hydrogen) atoms. The van der Waals surface area contributed by atoms with E-state index < -0.39 is 41.4 Å². The van der Waals surface area contributed by atoms with E-state index in [1.165, 1.54) is 0 Å². The summed E-state index contributed by atoms with van der Waals surface area (Å²) >= 11 is 6.09. The number of amides is 3. The molecule has 0 bridgehead atoms. The molecule has 8 heteroatoms. The summed E-state index contributed by atoms with van der Waals surface area (Å²) in [6.07, 6.45) is 0. The molecule has 3 aromatic rings. The van der Waals surface area contributed by atoms with E-state index in [1.54, 1.807) is 74.5 Å². The van der Waals surface area contributed by atoms with Crippen LogP contribution in [-0.2, 0) is 23.9 Å². The summed E-state index contributed by atoms with van der Waals surface area (Å²) in [4.78, 5) is 56.0. The van der Waals surface area contributed by atoms with Crippen LogP contribution in [0.25, 0.3) is 0 Å². The van der Waals surface area contributed by atoms with Crippen LogP contribution in [0, 0.1) is 25.7 Å². The average Bonchev–Trinajstić information content (AvgIpc) is 2.86. The Balaban J connectivity index is 1.90. The number of para-hydroxylation sites is 2. The predicted octanol–water partition coefficient (Wildman–Crippen LogP) is 5.05. The standard InChI is InChI=1S/C29H27ClN2O5/c1-4-37-29(36)25-23(19-13-15-20(30)16-14-19)24(26(33)31-21-11-7-5-9-17(21)2)27(34)32(28(25)35)22-12-8-6-10-18(22)3/h5-16,23-25H,4H2,1-3H3,(H,31,33). The van der Waals surface area contributed by atoms with Gasteiger partial charge in [0.05, 0.1) is 12.3 Å². The maximum Gasteiger partial charge on any atom is 0.319 e. The Morgan fingerprint density at radius 2 is 1.46 bits per heavy atom. The predicted molar refractivity (Wildman–Crippen MR) is 141 cm³/mol. The number of aryl methyl sites for hydroxylation is 2. The van der Waals surface area contributed by atoms with Crippen molar-refractivity contribution in [3.63, 3.8) is 0 Å². The smallest absolute Gasteiger partial charge is 0.319 e. The van der Waals surface area contributed by atoms with Gasteiger partial charge in [0.15, 0.2) is 0 Å². The second-order valence-electron chi connectivity index (χ2n) is 8.89. The van der Waals surface area contributed by atoms with Crippen LogP contribution in [0.4, 0.5) is 11.4 Å². The monoisotopic (exact) mass is 518 g/mol. The number of esters is 1. The maximum atomic E-state index is 14.0. The minimum Gasteiger partial charge on any atom is -0.465 e. The van der Waals surface area contributed by atoms with Crippen LogP contribution >= 0.6 is 11.6 Å². The molecule has 1 heterocycles. The van der Waals surface area contributed by atoms with Gasteiger partial charge < -0.3 is 10.1 Å². The second-order valence-corrected chi connectivity index (χ2v) is 9.32. The van der Waals surface area contributed by atoms with Gasteiger partial charge in [-0.3, -0.25) is 19.2 Å². The van der Waals surface area contributed by atoms with E-state index in [0.29, 0.717) is 27.5 Å². The first kappa shape index (κ1) is 26.1. The topological polar surface area (TPSA) is 92.8 Å². The molecule has 1 aliphatic rings. The van der Waals surface area contributed by atoms with Crippen molar-refractivity contribution >= 4 is 46.7 Å². The van der Waals surface area contributed by atoms with E-state index in [1.807, 2.05) is 19.1 Å². The van der Waals surface area contributed by atoms with Gasteiger partial charge >= 0.3 is 5.97 Å². The molecule has 190 valence electrons. The van der Waals surface area contributed by atoms with E-state index in [9.17, 15) is 19.2 Å². The number of rotatable bonds is 6. The molecule has 1 N–H and O–H groups in total. The fourth-order valence-electron chi connectivity index (χ4n) is 4.69. The second kappa shape index (κ2) is 11.0. The first-order chi connectivity index (χ1) is 17.7. The molecule has 3 atom stereocenters. The van der Waals surface area contributed by atoms with Crippen molar-refractivity contribution in [2.75, 3.05) is 16.8 Å². The maximum absolute atomic E-state index is 14.0. The lowest BCUT2D eigenvalue weighted by Gasteiger charge is -2.40. The molecule has 0 radical (unpaired) electrons.